The summed E-state index contributed by atoms with van der Waals surface area (Å²) < 4.78 is 15.6. The summed E-state index contributed by atoms with van der Waals surface area (Å²) in [6.07, 6.45) is 2.42. The average molecular weight is 207 g/mol. The quantitative estimate of drug-likeness (QED) is 0.821. The second-order valence-corrected chi connectivity index (χ2v) is 3.55. The molecule has 2 aromatic rings. The van der Waals surface area contributed by atoms with E-state index in [0.717, 1.165) is 17.6 Å². The van der Waals surface area contributed by atoms with Crippen LogP contribution in [0.3, 0.4) is 0 Å². The van der Waals surface area contributed by atoms with Crippen molar-refractivity contribution < 1.29 is 9.50 Å². The van der Waals surface area contributed by atoms with Gasteiger partial charge < -0.3 is 9.67 Å². The number of aryl methyl sites for hydroxylation is 1. The first-order valence-corrected chi connectivity index (χ1v) is 5.15. The highest BCUT2D eigenvalue weighted by Crippen LogP contribution is 2.24. The lowest BCUT2D eigenvalue weighted by Gasteiger charge is -1.99. The van der Waals surface area contributed by atoms with Crippen LogP contribution in [-0.4, -0.2) is 16.3 Å². The molecule has 0 unspecified atom stereocenters. The molecule has 0 aliphatic rings. The molecule has 80 valence electrons. The molecule has 0 saturated carbocycles. The zero-order chi connectivity index (χ0) is 10.8. The first-order chi connectivity index (χ1) is 7.27. The Kier molecular flexibility index (Phi) is 2.73. The minimum Gasteiger partial charge on any atom is -0.396 e. The number of fused-ring (bicyclic) bond motifs is 1. The number of aliphatic hydroxyl groups excluding tert-OH is 1. The Balaban J connectivity index is 2.70. The molecule has 1 heterocycles. The second kappa shape index (κ2) is 4.03. The molecule has 1 aromatic heterocycles. The minimum atomic E-state index is -0.205. The van der Waals surface area contributed by atoms with E-state index in [9.17, 15) is 4.39 Å². The van der Waals surface area contributed by atoms with Crippen molar-refractivity contribution in [2.75, 3.05) is 6.61 Å². The van der Waals surface area contributed by atoms with Crippen molar-refractivity contribution in [1.82, 2.24) is 4.57 Å². The lowest BCUT2D eigenvalue weighted by Crippen LogP contribution is -1.91. The predicted molar refractivity (Wildman–Crippen MR) is 58.4 cm³/mol. The monoisotopic (exact) mass is 207 g/mol. The highest BCUT2D eigenvalue weighted by atomic mass is 19.1. The van der Waals surface area contributed by atoms with Crippen LogP contribution in [0.2, 0.25) is 0 Å². The van der Waals surface area contributed by atoms with Gasteiger partial charge in [-0.25, -0.2) is 4.39 Å². The molecule has 0 amide bonds. The van der Waals surface area contributed by atoms with Crippen LogP contribution in [0.4, 0.5) is 4.39 Å². The first-order valence-electron chi connectivity index (χ1n) is 5.15. The molecule has 0 aliphatic heterocycles. The zero-order valence-corrected chi connectivity index (χ0v) is 8.70. The first kappa shape index (κ1) is 10.2. The Morgan fingerprint density at radius 3 is 2.87 bits per heavy atom. The van der Waals surface area contributed by atoms with Crippen LogP contribution >= 0.6 is 0 Å². The maximum absolute atomic E-state index is 13.6. The third-order valence-electron chi connectivity index (χ3n) is 2.66. The highest BCUT2D eigenvalue weighted by Gasteiger charge is 2.10. The molecular formula is C12H14FNO. The minimum absolute atomic E-state index is 0.0527. The molecule has 15 heavy (non-hydrogen) atoms. The summed E-state index contributed by atoms with van der Waals surface area (Å²) in [5.74, 6) is -0.205. The van der Waals surface area contributed by atoms with Gasteiger partial charge in [-0.1, -0.05) is 6.07 Å². The number of rotatable bonds is 3. The molecule has 2 nitrogen and oxygen atoms in total. The Labute approximate surface area is 88.0 Å². The SMILES string of the molecule is CCn1cc(CCO)c2c(F)cccc21. The Morgan fingerprint density at radius 2 is 2.20 bits per heavy atom. The van der Waals surface area contributed by atoms with Crippen LogP contribution in [0.15, 0.2) is 24.4 Å². The second-order valence-electron chi connectivity index (χ2n) is 3.55. The number of hydrogen-bond acceptors (Lipinski definition) is 1. The Hall–Kier alpha value is -1.35. The fraction of sp³-hybridized carbons (Fsp3) is 0.333. The molecule has 0 radical (unpaired) electrons. The number of halogens is 1. The van der Waals surface area contributed by atoms with Gasteiger partial charge in [0.1, 0.15) is 5.82 Å². The number of hydrogen-bond donors (Lipinski definition) is 1. The van der Waals surface area contributed by atoms with Crippen molar-refractivity contribution >= 4 is 10.9 Å². The van der Waals surface area contributed by atoms with Gasteiger partial charge in [-0.2, -0.15) is 0 Å². The third kappa shape index (κ3) is 1.63. The fourth-order valence-electron chi connectivity index (χ4n) is 1.96. The summed E-state index contributed by atoms with van der Waals surface area (Å²) in [6.45, 7) is 2.88. The van der Waals surface area contributed by atoms with Crippen molar-refractivity contribution in [3.8, 4) is 0 Å². The summed E-state index contributed by atoms with van der Waals surface area (Å²) in [5.41, 5.74) is 1.79. The zero-order valence-electron chi connectivity index (χ0n) is 8.70. The van der Waals surface area contributed by atoms with E-state index in [0.29, 0.717) is 11.8 Å². The van der Waals surface area contributed by atoms with Gasteiger partial charge in [-0.3, -0.25) is 0 Å². The van der Waals surface area contributed by atoms with Gasteiger partial charge in [0, 0.05) is 24.7 Å². The van der Waals surface area contributed by atoms with Crippen molar-refractivity contribution in [3.63, 3.8) is 0 Å². The third-order valence-corrected chi connectivity index (χ3v) is 2.66. The fourth-order valence-corrected chi connectivity index (χ4v) is 1.96. The molecule has 0 bridgehead atoms. The topological polar surface area (TPSA) is 25.2 Å². The molecule has 2 rings (SSSR count). The van der Waals surface area contributed by atoms with Crippen LogP contribution in [0.5, 0.6) is 0 Å². The molecular weight excluding hydrogens is 193 g/mol. The van der Waals surface area contributed by atoms with Crippen molar-refractivity contribution in [2.24, 2.45) is 0 Å². The maximum atomic E-state index is 13.6. The standard InChI is InChI=1S/C12H14FNO/c1-2-14-8-9(6-7-15)12-10(13)4-3-5-11(12)14/h3-5,8,15H,2,6-7H2,1H3. The van der Waals surface area contributed by atoms with Gasteiger partial charge >= 0.3 is 0 Å². The van der Waals surface area contributed by atoms with Crippen LogP contribution in [0, 0.1) is 5.82 Å². The highest BCUT2D eigenvalue weighted by molar-refractivity contribution is 5.84. The van der Waals surface area contributed by atoms with Gasteiger partial charge in [0.15, 0.2) is 0 Å². The van der Waals surface area contributed by atoms with Crippen molar-refractivity contribution in [2.45, 2.75) is 19.9 Å². The molecule has 1 aromatic carbocycles. The van der Waals surface area contributed by atoms with Crippen LogP contribution < -0.4 is 0 Å². The molecule has 0 fully saturated rings. The molecule has 0 spiro atoms. The summed E-state index contributed by atoms with van der Waals surface area (Å²) in [4.78, 5) is 0. The number of aromatic nitrogens is 1. The Morgan fingerprint density at radius 1 is 1.40 bits per heavy atom. The van der Waals surface area contributed by atoms with Gasteiger partial charge in [0.25, 0.3) is 0 Å². The summed E-state index contributed by atoms with van der Waals surface area (Å²) in [5, 5.41) is 9.57. The normalized spacial score (nSPS) is 11.1. The van der Waals surface area contributed by atoms with E-state index in [2.05, 4.69) is 0 Å². The van der Waals surface area contributed by atoms with E-state index < -0.39 is 0 Å². The van der Waals surface area contributed by atoms with Crippen LogP contribution in [-0.2, 0) is 13.0 Å². The number of nitrogens with zero attached hydrogens (tertiary/aromatic N) is 1. The number of benzene rings is 1. The largest absolute Gasteiger partial charge is 0.396 e. The summed E-state index contributed by atoms with van der Waals surface area (Å²) in [7, 11) is 0. The van der Waals surface area contributed by atoms with E-state index in [-0.39, 0.29) is 12.4 Å². The van der Waals surface area contributed by atoms with E-state index in [4.69, 9.17) is 5.11 Å². The summed E-state index contributed by atoms with van der Waals surface area (Å²) >= 11 is 0. The molecule has 0 aliphatic carbocycles. The van der Waals surface area contributed by atoms with Crippen molar-refractivity contribution in [1.29, 1.82) is 0 Å². The van der Waals surface area contributed by atoms with Gasteiger partial charge in [0.05, 0.1) is 5.52 Å². The summed E-state index contributed by atoms with van der Waals surface area (Å²) in [6, 6.07) is 5.08. The lowest BCUT2D eigenvalue weighted by atomic mass is 10.1. The van der Waals surface area contributed by atoms with E-state index in [1.54, 1.807) is 6.07 Å². The molecule has 1 N–H and O–H groups in total. The average Bonchev–Trinajstić information content (AvgIpc) is 2.59. The number of aliphatic hydroxyl groups is 1. The van der Waals surface area contributed by atoms with Crippen molar-refractivity contribution in [3.05, 3.63) is 35.8 Å². The predicted octanol–water partition coefficient (Wildman–Crippen LogP) is 2.34. The van der Waals surface area contributed by atoms with Gasteiger partial charge in [0.2, 0.25) is 0 Å². The molecule has 0 atom stereocenters. The van der Waals surface area contributed by atoms with E-state index >= 15 is 0 Å². The van der Waals surface area contributed by atoms with Crippen LogP contribution in [0.1, 0.15) is 12.5 Å². The van der Waals surface area contributed by atoms with Gasteiger partial charge in [-0.15, -0.1) is 0 Å². The smallest absolute Gasteiger partial charge is 0.132 e. The maximum Gasteiger partial charge on any atom is 0.132 e. The van der Waals surface area contributed by atoms with Gasteiger partial charge in [-0.05, 0) is 31.0 Å². The molecule has 0 saturated heterocycles. The van der Waals surface area contributed by atoms with E-state index in [1.165, 1.54) is 6.07 Å². The van der Waals surface area contributed by atoms with Crippen LogP contribution in [0.25, 0.3) is 10.9 Å². The lowest BCUT2D eigenvalue weighted by molar-refractivity contribution is 0.300. The Bertz CT molecular complexity index is 476. The van der Waals surface area contributed by atoms with E-state index in [1.807, 2.05) is 23.8 Å². The molecule has 3 heteroatoms.